The third-order valence-electron chi connectivity index (χ3n) is 1.68. The van der Waals surface area contributed by atoms with Crippen molar-refractivity contribution in [3.8, 4) is 5.75 Å². The predicted octanol–water partition coefficient (Wildman–Crippen LogP) is 3.05. The Morgan fingerprint density at radius 1 is 1.50 bits per heavy atom. The number of thioether (sulfide) groups is 1. The SMILES string of the molecule is CCSCCOc1c(N)cccc1Cl. The Morgan fingerprint density at radius 2 is 2.29 bits per heavy atom. The van der Waals surface area contributed by atoms with Crippen LogP contribution in [0.25, 0.3) is 0 Å². The third-order valence-corrected chi connectivity index (χ3v) is 2.84. The molecule has 0 aliphatic rings. The highest BCUT2D eigenvalue weighted by Crippen LogP contribution is 2.30. The zero-order chi connectivity index (χ0) is 10.4. The summed E-state index contributed by atoms with van der Waals surface area (Å²) < 4.78 is 5.49. The van der Waals surface area contributed by atoms with Gasteiger partial charge in [-0.2, -0.15) is 11.8 Å². The van der Waals surface area contributed by atoms with Gasteiger partial charge in [0.1, 0.15) is 0 Å². The maximum absolute atomic E-state index is 5.93. The van der Waals surface area contributed by atoms with Crippen LogP contribution < -0.4 is 10.5 Å². The van der Waals surface area contributed by atoms with Crippen LogP contribution in [0.15, 0.2) is 18.2 Å². The van der Waals surface area contributed by atoms with E-state index in [0.717, 1.165) is 11.5 Å². The highest BCUT2D eigenvalue weighted by atomic mass is 35.5. The van der Waals surface area contributed by atoms with E-state index < -0.39 is 0 Å². The summed E-state index contributed by atoms with van der Waals surface area (Å²) in [6.45, 7) is 2.76. The van der Waals surface area contributed by atoms with Gasteiger partial charge >= 0.3 is 0 Å². The standard InChI is InChI=1S/C10H14ClNOS/c1-2-14-7-6-13-10-8(11)4-3-5-9(10)12/h3-5H,2,6-7,12H2,1H3. The van der Waals surface area contributed by atoms with Crippen LogP contribution in [0.4, 0.5) is 5.69 Å². The van der Waals surface area contributed by atoms with Crippen LogP contribution in [0.1, 0.15) is 6.92 Å². The lowest BCUT2D eigenvalue weighted by Crippen LogP contribution is -2.03. The van der Waals surface area contributed by atoms with E-state index in [9.17, 15) is 0 Å². The molecule has 0 atom stereocenters. The first-order chi connectivity index (χ1) is 6.75. The average molecular weight is 232 g/mol. The van der Waals surface area contributed by atoms with E-state index in [1.165, 1.54) is 0 Å². The normalized spacial score (nSPS) is 10.1. The molecule has 0 saturated heterocycles. The van der Waals surface area contributed by atoms with Gasteiger partial charge in [-0.1, -0.05) is 24.6 Å². The lowest BCUT2D eigenvalue weighted by atomic mass is 10.3. The van der Waals surface area contributed by atoms with Gasteiger partial charge in [-0.25, -0.2) is 0 Å². The summed E-state index contributed by atoms with van der Waals surface area (Å²) in [6, 6.07) is 5.37. The molecule has 0 bridgehead atoms. The molecule has 0 amide bonds. The number of nitrogens with two attached hydrogens (primary N) is 1. The van der Waals surface area contributed by atoms with Crippen molar-refractivity contribution < 1.29 is 4.74 Å². The van der Waals surface area contributed by atoms with Crippen LogP contribution in [0.5, 0.6) is 5.75 Å². The van der Waals surface area contributed by atoms with E-state index in [0.29, 0.717) is 23.1 Å². The molecule has 0 spiro atoms. The molecule has 0 saturated carbocycles. The zero-order valence-corrected chi connectivity index (χ0v) is 9.70. The van der Waals surface area contributed by atoms with Crippen molar-refractivity contribution in [2.45, 2.75) is 6.92 Å². The van der Waals surface area contributed by atoms with Crippen molar-refractivity contribution >= 4 is 29.1 Å². The van der Waals surface area contributed by atoms with Crippen molar-refractivity contribution in [3.05, 3.63) is 23.2 Å². The first-order valence-electron chi connectivity index (χ1n) is 4.50. The highest BCUT2D eigenvalue weighted by molar-refractivity contribution is 7.99. The Kier molecular flexibility index (Phi) is 4.98. The molecule has 1 aromatic carbocycles. The van der Waals surface area contributed by atoms with Crippen LogP contribution in [-0.4, -0.2) is 18.1 Å². The molecule has 1 aromatic rings. The van der Waals surface area contributed by atoms with Gasteiger partial charge in [0.15, 0.2) is 5.75 Å². The number of nitrogen functional groups attached to an aromatic ring is 1. The second-order valence-electron chi connectivity index (χ2n) is 2.70. The van der Waals surface area contributed by atoms with Crippen molar-refractivity contribution in [2.75, 3.05) is 23.8 Å². The van der Waals surface area contributed by atoms with Crippen molar-refractivity contribution in [2.24, 2.45) is 0 Å². The fraction of sp³-hybridized carbons (Fsp3) is 0.400. The lowest BCUT2D eigenvalue weighted by Gasteiger charge is -2.09. The summed E-state index contributed by atoms with van der Waals surface area (Å²) in [7, 11) is 0. The summed E-state index contributed by atoms with van der Waals surface area (Å²) in [5.74, 6) is 2.66. The first-order valence-corrected chi connectivity index (χ1v) is 6.03. The molecule has 14 heavy (non-hydrogen) atoms. The van der Waals surface area contributed by atoms with E-state index in [1.54, 1.807) is 12.1 Å². The first kappa shape index (κ1) is 11.5. The second kappa shape index (κ2) is 6.04. The molecule has 1 rings (SSSR count). The number of halogens is 1. The van der Waals surface area contributed by atoms with Gasteiger partial charge in [0.2, 0.25) is 0 Å². The summed E-state index contributed by atoms with van der Waals surface area (Å²) in [5.41, 5.74) is 6.32. The van der Waals surface area contributed by atoms with E-state index in [2.05, 4.69) is 6.92 Å². The average Bonchev–Trinajstić information content (AvgIpc) is 2.16. The maximum Gasteiger partial charge on any atom is 0.160 e. The van der Waals surface area contributed by atoms with Gasteiger partial charge in [0, 0.05) is 5.75 Å². The minimum Gasteiger partial charge on any atom is -0.489 e. The monoisotopic (exact) mass is 231 g/mol. The Morgan fingerprint density at radius 3 is 2.93 bits per heavy atom. The minimum atomic E-state index is 0.575. The molecule has 0 heterocycles. The molecule has 0 aliphatic heterocycles. The summed E-state index contributed by atoms with van der Waals surface area (Å²) >= 11 is 7.76. The van der Waals surface area contributed by atoms with Crippen molar-refractivity contribution in [1.29, 1.82) is 0 Å². The van der Waals surface area contributed by atoms with E-state index in [-0.39, 0.29) is 0 Å². The summed E-state index contributed by atoms with van der Waals surface area (Å²) in [6.07, 6.45) is 0. The molecular formula is C10H14ClNOS. The van der Waals surface area contributed by atoms with Crippen LogP contribution in [0.2, 0.25) is 5.02 Å². The van der Waals surface area contributed by atoms with E-state index in [4.69, 9.17) is 22.1 Å². The smallest absolute Gasteiger partial charge is 0.160 e. The molecule has 78 valence electrons. The number of hydrogen-bond donors (Lipinski definition) is 1. The minimum absolute atomic E-state index is 0.575. The van der Waals surface area contributed by atoms with Crippen LogP contribution in [0.3, 0.4) is 0 Å². The van der Waals surface area contributed by atoms with Crippen LogP contribution in [-0.2, 0) is 0 Å². The van der Waals surface area contributed by atoms with Gasteiger partial charge in [-0.15, -0.1) is 0 Å². The largest absolute Gasteiger partial charge is 0.489 e. The molecule has 2 N–H and O–H groups in total. The van der Waals surface area contributed by atoms with Gasteiger partial charge < -0.3 is 10.5 Å². The zero-order valence-electron chi connectivity index (χ0n) is 8.13. The Hall–Kier alpha value is -0.540. The van der Waals surface area contributed by atoms with Crippen LogP contribution in [0, 0.1) is 0 Å². The molecule has 0 fully saturated rings. The maximum atomic E-state index is 5.93. The fourth-order valence-corrected chi connectivity index (χ4v) is 1.75. The van der Waals surface area contributed by atoms with Gasteiger partial charge in [-0.3, -0.25) is 0 Å². The lowest BCUT2D eigenvalue weighted by molar-refractivity contribution is 0.346. The Labute approximate surface area is 93.8 Å². The molecule has 0 unspecified atom stereocenters. The van der Waals surface area contributed by atoms with Gasteiger partial charge in [0.25, 0.3) is 0 Å². The third kappa shape index (κ3) is 3.31. The Balaban J connectivity index is 2.49. The van der Waals surface area contributed by atoms with Crippen LogP contribution >= 0.6 is 23.4 Å². The summed E-state index contributed by atoms with van der Waals surface area (Å²) in [5, 5.41) is 0.575. The predicted molar refractivity (Wildman–Crippen MR) is 64.4 cm³/mol. The van der Waals surface area contributed by atoms with E-state index in [1.807, 2.05) is 17.8 Å². The number of hydrogen-bond acceptors (Lipinski definition) is 3. The highest BCUT2D eigenvalue weighted by Gasteiger charge is 2.04. The number of anilines is 1. The quantitative estimate of drug-likeness (QED) is 0.625. The van der Waals surface area contributed by atoms with Gasteiger partial charge in [-0.05, 0) is 17.9 Å². The summed E-state index contributed by atoms with van der Waals surface area (Å²) in [4.78, 5) is 0. The molecule has 0 radical (unpaired) electrons. The molecular weight excluding hydrogens is 218 g/mol. The van der Waals surface area contributed by atoms with Gasteiger partial charge in [0.05, 0.1) is 17.3 Å². The fourth-order valence-electron chi connectivity index (χ4n) is 1.02. The topological polar surface area (TPSA) is 35.2 Å². The Bertz CT molecular complexity index is 273. The number of benzene rings is 1. The molecule has 2 nitrogen and oxygen atoms in total. The molecule has 0 aliphatic carbocycles. The van der Waals surface area contributed by atoms with E-state index >= 15 is 0 Å². The number of rotatable bonds is 5. The van der Waals surface area contributed by atoms with Crippen molar-refractivity contribution in [3.63, 3.8) is 0 Å². The second-order valence-corrected chi connectivity index (χ2v) is 4.50. The molecule has 0 aromatic heterocycles. The number of ether oxygens (including phenoxy) is 1. The number of para-hydroxylation sites is 1. The molecule has 4 heteroatoms. The van der Waals surface area contributed by atoms with Crippen molar-refractivity contribution in [1.82, 2.24) is 0 Å².